The Labute approximate surface area is 120 Å². The van der Waals surface area contributed by atoms with Crippen LogP contribution in [-0.4, -0.2) is 36.5 Å². The number of hydrogen-bond acceptors (Lipinski definition) is 3. The Morgan fingerprint density at radius 3 is 2.68 bits per heavy atom. The topological polar surface area (TPSA) is 32.3 Å². The molecule has 1 aromatic heterocycles. The first-order valence-electron chi connectivity index (χ1n) is 7.02. The minimum Gasteiger partial charge on any atom is -0.343 e. The fraction of sp³-hybridized carbons (Fsp3) is 0.667. The first-order valence-corrected chi connectivity index (χ1v) is 7.90. The standard InChI is InChI=1S/C15H24N2OS/c1-12(18)17-8-6-13(7-9-17)16-11-15(2,3)14-5-4-10-19-14/h4-5,10,13,16H,6-9,11H2,1-3H3. The van der Waals surface area contributed by atoms with E-state index in [1.54, 1.807) is 6.92 Å². The molecule has 0 saturated carbocycles. The second-order valence-electron chi connectivity index (χ2n) is 6.02. The van der Waals surface area contributed by atoms with Crippen molar-refractivity contribution in [1.29, 1.82) is 0 Å². The number of thiophene rings is 1. The predicted octanol–water partition coefficient (Wildman–Crippen LogP) is 2.63. The number of nitrogens with one attached hydrogen (secondary N) is 1. The van der Waals surface area contributed by atoms with Gasteiger partial charge in [-0.3, -0.25) is 4.79 Å². The molecule has 0 aliphatic carbocycles. The molecule has 1 amide bonds. The maximum absolute atomic E-state index is 11.3. The number of carbonyl (C=O) groups is 1. The number of piperidine rings is 1. The maximum atomic E-state index is 11.3. The van der Waals surface area contributed by atoms with E-state index >= 15 is 0 Å². The lowest BCUT2D eigenvalue weighted by molar-refractivity contribution is -0.129. The van der Waals surface area contributed by atoms with E-state index in [4.69, 9.17) is 0 Å². The molecule has 0 unspecified atom stereocenters. The highest BCUT2D eigenvalue weighted by atomic mass is 32.1. The smallest absolute Gasteiger partial charge is 0.219 e. The van der Waals surface area contributed by atoms with Gasteiger partial charge in [0.25, 0.3) is 0 Å². The summed E-state index contributed by atoms with van der Waals surface area (Å²) in [4.78, 5) is 14.7. The third-order valence-corrected chi connectivity index (χ3v) is 5.20. The molecular weight excluding hydrogens is 256 g/mol. The molecule has 106 valence electrons. The van der Waals surface area contributed by atoms with Crippen molar-refractivity contribution in [3.8, 4) is 0 Å². The summed E-state index contributed by atoms with van der Waals surface area (Å²) in [5.74, 6) is 0.206. The van der Waals surface area contributed by atoms with Crippen molar-refractivity contribution in [2.45, 2.75) is 45.1 Å². The summed E-state index contributed by atoms with van der Waals surface area (Å²) in [5.41, 5.74) is 0.186. The zero-order valence-electron chi connectivity index (χ0n) is 12.1. The van der Waals surface area contributed by atoms with Crippen LogP contribution in [0.3, 0.4) is 0 Å². The lowest BCUT2D eigenvalue weighted by atomic mass is 9.90. The molecule has 3 nitrogen and oxygen atoms in total. The van der Waals surface area contributed by atoms with Crippen LogP contribution < -0.4 is 5.32 Å². The normalized spacial score (nSPS) is 17.7. The van der Waals surface area contributed by atoms with Crippen molar-refractivity contribution in [2.75, 3.05) is 19.6 Å². The van der Waals surface area contributed by atoms with Crippen molar-refractivity contribution in [3.63, 3.8) is 0 Å². The second kappa shape index (κ2) is 6.06. The SMILES string of the molecule is CC(=O)N1CCC(NCC(C)(C)c2cccs2)CC1. The van der Waals surface area contributed by atoms with E-state index in [2.05, 4.69) is 36.7 Å². The molecule has 2 rings (SSSR count). The van der Waals surface area contributed by atoms with Gasteiger partial charge in [-0.25, -0.2) is 0 Å². The van der Waals surface area contributed by atoms with Gasteiger partial charge in [0.1, 0.15) is 0 Å². The lowest BCUT2D eigenvalue weighted by Gasteiger charge is -2.34. The van der Waals surface area contributed by atoms with Crippen molar-refractivity contribution < 1.29 is 4.79 Å². The highest BCUT2D eigenvalue weighted by Crippen LogP contribution is 2.27. The van der Waals surface area contributed by atoms with Crippen LogP contribution in [0.2, 0.25) is 0 Å². The van der Waals surface area contributed by atoms with Gasteiger partial charge in [-0.15, -0.1) is 11.3 Å². The lowest BCUT2D eigenvalue weighted by Crippen LogP contribution is -2.46. The van der Waals surface area contributed by atoms with Crippen LogP contribution in [0.25, 0.3) is 0 Å². The van der Waals surface area contributed by atoms with Crippen LogP contribution in [-0.2, 0) is 10.2 Å². The number of nitrogens with zero attached hydrogens (tertiary/aromatic N) is 1. The number of rotatable bonds is 4. The molecule has 2 heterocycles. The first kappa shape index (κ1) is 14.5. The molecule has 1 N–H and O–H groups in total. The van der Waals surface area contributed by atoms with Crippen LogP contribution in [0.5, 0.6) is 0 Å². The number of hydrogen-bond donors (Lipinski definition) is 1. The molecule has 1 aliphatic heterocycles. The number of amides is 1. The largest absolute Gasteiger partial charge is 0.343 e. The molecule has 19 heavy (non-hydrogen) atoms. The van der Waals surface area contributed by atoms with Gasteiger partial charge in [-0.05, 0) is 24.3 Å². The molecule has 0 bridgehead atoms. The third kappa shape index (κ3) is 3.80. The van der Waals surface area contributed by atoms with Crippen LogP contribution in [0.1, 0.15) is 38.5 Å². The van der Waals surface area contributed by atoms with Gasteiger partial charge in [0.05, 0.1) is 0 Å². The van der Waals surface area contributed by atoms with Gasteiger partial charge in [-0.1, -0.05) is 19.9 Å². The van der Waals surface area contributed by atoms with E-state index in [9.17, 15) is 4.79 Å². The van der Waals surface area contributed by atoms with Gasteiger partial charge >= 0.3 is 0 Å². The molecule has 1 fully saturated rings. The van der Waals surface area contributed by atoms with Crippen molar-refractivity contribution >= 4 is 17.2 Å². The van der Waals surface area contributed by atoms with Gasteiger partial charge < -0.3 is 10.2 Å². The Balaban J connectivity index is 1.79. The van der Waals surface area contributed by atoms with Crippen molar-refractivity contribution in [1.82, 2.24) is 10.2 Å². The molecule has 0 atom stereocenters. The average Bonchev–Trinajstić information content (AvgIpc) is 2.91. The Morgan fingerprint density at radius 2 is 2.16 bits per heavy atom. The highest BCUT2D eigenvalue weighted by Gasteiger charge is 2.25. The van der Waals surface area contributed by atoms with Gasteiger partial charge in [0.15, 0.2) is 0 Å². The summed E-state index contributed by atoms with van der Waals surface area (Å²) < 4.78 is 0. The predicted molar refractivity (Wildman–Crippen MR) is 80.6 cm³/mol. The zero-order chi connectivity index (χ0) is 13.9. The molecule has 0 aromatic carbocycles. The molecule has 1 saturated heterocycles. The molecule has 1 aliphatic rings. The molecule has 0 spiro atoms. The van der Waals surface area contributed by atoms with Crippen LogP contribution in [0.15, 0.2) is 17.5 Å². The summed E-state index contributed by atoms with van der Waals surface area (Å²) >= 11 is 1.83. The summed E-state index contributed by atoms with van der Waals surface area (Å²) in [6.07, 6.45) is 2.14. The Hall–Kier alpha value is -0.870. The maximum Gasteiger partial charge on any atom is 0.219 e. The zero-order valence-corrected chi connectivity index (χ0v) is 12.9. The van der Waals surface area contributed by atoms with E-state index in [0.29, 0.717) is 6.04 Å². The minimum atomic E-state index is 0.186. The van der Waals surface area contributed by atoms with E-state index in [0.717, 1.165) is 32.5 Å². The second-order valence-corrected chi connectivity index (χ2v) is 6.97. The Kier molecular flexibility index (Phi) is 4.63. The fourth-order valence-corrected chi connectivity index (χ4v) is 3.40. The first-order chi connectivity index (χ1) is 8.99. The molecular formula is C15H24N2OS. The molecule has 0 radical (unpaired) electrons. The summed E-state index contributed by atoms with van der Waals surface area (Å²) in [6, 6.07) is 4.88. The van der Waals surface area contributed by atoms with E-state index < -0.39 is 0 Å². The number of carbonyl (C=O) groups excluding carboxylic acids is 1. The molecule has 1 aromatic rings. The molecule has 4 heteroatoms. The highest BCUT2D eigenvalue weighted by molar-refractivity contribution is 7.10. The number of likely N-dealkylation sites (tertiary alicyclic amines) is 1. The quantitative estimate of drug-likeness (QED) is 0.919. The van der Waals surface area contributed by atoms with Crippen LogP contribution in [0.4, 0.5) is 0 Å². The van der Waals surface area contributed by atoms with Crippen LogP contribution in [0, 0.1) is 0 Å². The van der Waals surface area contributed by atoms with Gasteiger partial charge in [0.2, 0.25) is 5.91 Å². The Bertz CT molecular complexity index is 406. The van der Waals surface area contributed by atoms with E-state index in [1.807, 2.05) is 16.2 Å². The average molecular weight is 280 g/mol. The summed E-state index contributed by atoms with van der Waals surface area (Å²) in [5, 5.41) is 5.82. The van der Waals surface area contributed by atoms with Crippen molar-refractivity contribution in [2.24, 2.45) is 0 Å². The summed E-state index contributed by atoms with van der Waals surface area (Å²) in [7, 11) is 0. The summed E-state index contributed by atoms with van der Waals surface area (Å²) in [6.45, 7) is 9.03. The van der Waals surface area contributed by atoms with Crippen LogP contribution >= 0.6 is 11.3 Å². The van der Waals surface area contributed by atoms with Crippen molar-refractivity contribution in [3.05, 3.63) is 22.4 Å². The Morgan fingerprint density at radius 1 is 1.47 bits per heavy atom. The third-order valence-electron chi connectivity index (χ3n) is 3.96. The minimum absolute atomic E-state index is 0.186. The van der Waals surface area contributed by atoms with Gasteiger partial charge in [-0.2, -0.15) is 0 Å². The van der Waals surface area contributed by atoms with Gasteiger partial charge in [0, 0.05) is 42.9 Å². The van der Waals surface area contributed by atoms with E-state index in [-0.39, 0.29) is 11.3 Å². The van der Waals surface area contributed by atoms with E-state index in [1.165, 1.54) is 4.88 Å². The monoisotopic (exact) mass is 280 g/mol. The fourth-order valence-electron chi connectivity index (χ4n) is 2.55.